The van der Waals surface area contributed by atoms with E-state index in [1.54, 1.807) is 36.7 Å². The zero-order valence-electron chi connectivity index (χ0n) is 16.6. The first-order valence-corrected chi connectivity index (χ1v) is 10.2. The molecule has 1 atom stereocenters. The summed E-state index contributed by atoms with van der Waals surface area (Å²) in [6, 6.07) is 12.2. The first-order valence-electron chi connectivity index (χ1n) is 9.33. The molecule has 2 heterocycles. The average molecular weight is 459 g/mol. The van der Waals surface area contributed by atoms with Crippen LogP contribution in [0.2, 0.25) is 0 Å². The summed E-state index contributed by atoms with van der Waals surface area (Å²) < 4.78 is 28.9. The Bertz CT molecular complexity index is 1050. The summed E-state index contributed by atoms with van der Waals surface area (Å²) in [7, 11) is 0. The molecule has 1 aromatic carbocycles. The maximum atomic E-state index is 12.9. The zero-order chi connectivity index (χ0) is 22.9. The minimum absolute atomic E-state index is 0.0218. The molecule has 4 N–H and O–H groups in total. The van der Waals surface area contributed by atoms with Crippen molar-refractivity contribution in [1.29, 1.82) is 0 Å². The van der Waals surface area contributed by atoms with Crippen LogP contribution in [0.5, 0.6) is 5.75 Å². The summed E-state index contributed by atoms with van der Waals surface area (Å²) in [4.78, 5) is 33.0. The second-order valence-electron chi connectivity index (χ2n) is 6.26. The van der Waals surface area contributed by atoms with Crippen LogP contribution in [0.15, 0.2) is 72.1 Å². The van der Waals surface area contributed by atoms with E-state index in [4.69, 9.17) is 5.73 Å². The molecule has 0 aliphatic heterocycles. The molecule has 0 aliphatic carbocycles. The highest BCUT2D eigenvalue weighted by Crippen LogP contribution is 2.34. The largest absolute Gasteiger partial charge is 0.435 e. The van der Waals surface area contributed by atoms with Gasteiger partial charge in [-0.2, -0.15) is 8.78 Å². The summed E-state index contributed by atoms with van der Waals surface area (Å²) in [5, 5.41) is 5.31. The molecule has 8 nitrogen and oxygen atoms in total. The van der Waals surface area contributed by atoms with E-state index in [1.165, 1.54) is 42.2 Å². The van der Waals surface area contributed by atoms with Crippen LogP contribution in [0, 0.1) is 0 Å². The monoisotopic (exact) mass is 459 g/mol. The smallest absolute Gasteiger partial charge is 0.387 e. The number of nitrogens with two attached hydrogens (primary N) is 1. The number of anilines is 1. The SMILES string of the molecule is NCC(=O)NC(Sc1ncccc1C(=O)Nc1ccc(OC(F)F)cc1)c1ccncc1. The van der Waals surface area contributed by atoms with Gasteiger partial charge in [-0.25, -0.2) is 4.98 Å². The second kappa shape index (κ2) is 11.2. The Balaban J connectivity index is 1.79. The van der Waals surface area contributed by atoms with Crippen molar-refractivity contribution >= 4 is 29.3 Å². The molecule has 0 spiro atoms. The normalized spacial score (nSPS) is 11.6. The second-order valence-corrected chi connectivity index (χ2v) is 7.36. The summed E-state index contributed by atoms with van der Waals surface area (Å²) >= 11 is 1.17. The van der Waals surface area contributed by atoms with Crippen LogP contribution in [-0.4, -0.2) is 34.9 Å². The third kappa shape index (κ3) is 6.46. The van der Waals surface area contributed by atoms with E-state index in [0.717, 1.165) is 5.56 Å². The van der Waals surface area contributed by atoms with Gasteiger partial charge in [-0.1, -0.05) is 11.8 Å². The number of rotatable bonds is 9. The van der Waals surface area contributed by atoms with E-state index < -0.39 is 17.9 Å². The number of pyridine rings is 2. The van der Waals surface area contributed by atoms with Gasteiger partial charge in [0, 0.05) is 24.3 Å². The van der Waals surface area contributed by atoms with Gasteiger partial charge in [-0.05, 0) is 54.1 Å². The van der Waals surface area contributed by atoms with Crippen molar-refractivity contribution in [2.24, 2.45) is 5.73 Å². The van der Waals surface area contributed by atoms with E-state index in [-0.39, 0.29) is 23.8 Å². The zero-order valence-corrected chi connectivity index (χ0v) is 17.4. The first-order chi connectivity index (χ1) is 15.5. The predicted molar refractivity (Wildman–Crippen MR) is 115 cm³/mol. The minimum atomic E-state index is -2.93. The number of alkyl halides is 2. The lowest BCUT2D eigenvalue weighted by Crippen LogP contribution is -2.32. The molecule has 1 unspecified atom stereocenters. The fourth-order valence-corrected chi connectivity index (χ4v) is 3.73. The van der Waals surface area contributed by atoms with Crippen LogP contribution >= 0.6 is 11.8 Å². The molecular weight excluding hydrogens is 440 g/mol. The third-order valence-corrected chi connectivity index (χ3v) is 5.24. The molecule has 0 radical (unpaired) electrons. The van der Waals surface area contributed by atoms with Crippen LogP contribution in [0.1, 0.15) is 21.3 Å². The molecule has 2 aromatic heterocycles. The molecule has 32 heavy (non-hydrogen) atoms. The lowest BCUT2D eigenvalue weighted by atomic mass is 10.2. The molecule has 3 rings (SSSR count). The Hall–Kier alpha value is -3.57. The molecule has 3 aromatic rings. The fraction of sp³-hybridized carbons (Fsp3) is 0.143. The third-order valence-electron chi connectivity index (χ3n) is 4.07. The van der Waals surface area contributed by atoms with E-state index in [0.29, 0.717) is 10.7 Å². The molecule has 0 bridgehead atoms. The highest BCUT2D eigenvalue weighted by atomic mass is 32.2. The predicted octanol–water partition coefficient (Wildman–Crippen LogP) is 3.20. The molecule has 166 valence electrons. The number of aromatic nitrogens is 2. The Morgan fingerprint density at radius 1 is 1.06 bits per heavy atom. The fourth-order valence-electron chi connectivity index (χ4n) is 2.61. The van der Waals surface area contributed by atoms with Gasteiger partial charge in [0.2, 0.25) is 5.91 Å². The van der Waals surface area contributed by atoms with Crippen molar-refractivity contribution in [2.45, 2.75) is 17.0 Å². The van der Waals surface area contributed by atoms with Gasteiger partial charge in [0.15, 0.2) is 0 Å². The van der Waals surface area contributed by atoms with Gasteiger partial charge in [0.05, 0.1) is 12.1 Å². The van der Waals surface area contributed by atoms with Gasteiger partial charge in [0.25, 0.3) is 5.91 Å². The van der Waals surface area contributed by atoms with Gasteiger partial charge < -0.3 is 21.1 Å². The number of nitrogens with zero attached hydrogens (tertiary/aromatic N) is 2. The molecule has 0 saturated heterocycles. The lowest BCUT2D eigenvalue weighted by Gasteiger charge is -2.19. The number of benzene rings is 1. The topological polar surface area (TPSA) is 119 Å². The Kier molecular flexibility index (Phi) is 8.06. The number of hydrogen-bond donors (Lipinski definition) is 3. The number of ether oxygens (including phenoxy) is 1. The standard InChI is InChI=1S/C21H19F2N5O3S/c22-21(23)31-15-5-3-14(4-6-15)27-18(30)16-2-1-9-26-20(16)32-19(28-17(29)12-24)13-7-10-25-11-8-13/h1-11,19,21H,12,24H2,(H,27,30)(H,28,29). The summed E-state index contributed by atoms with van der Waals surface area (Å²) in [5.74, 6) is -0.847. The van der Waals surface area contributed by atoms with Crippen LogP contribution in [0.4, 0.5) is 14.5 Å². The number of carbonyl (C=O) groups excluding carboxylic acids is 2. The van der Waals surface area contributed by atoms with Crippen molar-refractivity contribution in [3.63, 3.8) is 0 Å². The number of carbonyl (C=O) groups is 2. The molecule has 11 heteroatoms. The van der Waals surface area contributed by atoms with Crippen LogP contribution in [0.25, 0.3) is 0 Å². The van der Waals surface area contributed by atoms with Gasteiger partial charge in [-0.15, -0.1) is 0 Å². The van der Waals surface area contributed by atoms with E-state index >= 15 is 0 Å². The highest BCUT2D eigenvalue weighted by molar-refractivity contribution is 7.99. The van der Waals surface area contributed by atoms with Crippen molar-refractivity contribution in [2.75, 3.05) is 11.9 Å². The Morgan fingerprint density at radius 2 is 1.78 bits per heavy atom. The van der Waals surface area contributed by atoms with Crippen molar-refractivity contribution < 1.29 is 23.1 Å². The first kappa shape index (κ1) is 23.1. The maximum Gasteiger partial charge on any atom is 0.387 e. The van der Waals surface area contributed by atoms with Crippen molar-refractivity contribution in [3.8, 4) is 5.75 Å². The number of amides is 2. The highest BCUT2D eigenvalue weighted by Gasteiger charge is 2.21. The molecule has 0 saturated carbocycles. The molecular formula is C21H19F2N5O3S. The minimum Gasteiger partial charge on any atom is -0.435 e. The lowest BCUT2D eigenvalue weighted by molar-refractivity contribution is -0.119. The van der Waals surface area contributed by atoms with Crippen molar-refractivity contribution in [3.05, 3.63) is 78.2 Å². The molecule has 0 aliphatic rings. The number of hydrogen-bond acceptors (Lipinski definition) is 7. The Morgan fingerprint density at radius 3 is 2.44 bits per heavy atom. The van der Waals surface area contributed by atoms with Crippen LogP contribution < -0.4 is 21.1 Å². The van der Waals surface area contributed by atoms with Gasteiger partial charge >= 0.3 is 6.61 Å². The van der Waals surface area contributed by atoms with Crippen LogP contribution in [0.3, 0.4) is 0 Å². The number of nitrogens with one attached hydrogen (secondary N) is 2. The number of halogens is 2. The molecule has 2 amide bonds. The van der Waals surface area contributed by atoms with Crippen LogP contribution in [-0.2, 0) is 4.79 Å². The number of thioether (sulfide) groups is 1. The molecule has 0 fully saturated rings. The van der Waals surface area contributed by atoms with Gasteiger partial charge in [0.1, 0.15) is 16.1 Å². The van der Waals surface area contributed by atoms with E-state index in [9.17, 15) is 18.4 Å². The van der Waals surface area contributed by atoms with Gasteiger partial charge in [-0.3, -0.25) is 14.6 Å². The average Bonchev–Trinajstić information content (AvgIpc) is 2.80. The van der Waals surface area contributed by atoms with Crippen molar-refractivity contribution in [1.82, 2.24) is 15.3 Å². The van der Waals surface area contributed by atoms with E-state index in [1.807, 2.05) is 0 Å². The summed E-state index contributed by atoms with van der Waals surface area (Å²) in [6.07, 6.45) is 4.71. The summed E-state index contributed by atoms with van der Waals surface area (Å²) in [5.41, 5.74) is 6.84. The quantitative estimate of drug-likeness (QED) is 0.332. The summed E-state index contributed by atoms with van der Waals surface area (Å²) in [6.45, 7) is -3.12. The Labute approximate surface area is 186 Å². The van der Waals surface area contributed by atoms with E-state index in [2.05, 4.69) is 25.3 Å². The maximum absolute atomic E-state index is 12.9.